The Kier molecular flexibility index (Phi) is 4.75. The van der Waals surface area contributed by atoms with E-state index in [9.17, 15) is 9.59 Å². The maximum atomic E-state index is 12.8. The van der Waals surface area contributed by atoms with Gasteiger partial charge in [0.25, 0.3) is 11.5 Å². The Balaban J connectivity index is 1.63. The van der Waals surface area contributed by atoms with E-state index in [0.29, 0.717) is 17.8 Å². The SMILES string of the molecule is CCc1ccc(CNC(=O)c2cccn3c(=O)c4c(nc23)CCCC4)cc1. The number of amides is 1. The number of rotatable bonds is 4. The largest absolute Gasteiger partial charge is 0.348 e. The molecule has 1 aromatic carbocycles. The summed E-state index contributed by atoms with van der Waals surface area (Å²) in [6.45, 7) is 2.56. The minimum atomic E-state index is -0.213. The lowest BCUT2D eigenvalue weighted by Gasteiger charge is -2.16. The van der Waals surface area contributed by atoms with Crippen LogP contribution in [0.25, 0.3) is 5.65 Å². The van der Waals surface area contributed by atoms with Gasteiger partial charge in [0.05, 0.1) is 11.3 Å². The lowest BCUT2D eigenvalue weighted by Crippen LogP contribution is -2.28. The summed E-state index contributed by atoms with van der Waals surface area (Å²) in [5.74, 6) is -0.213. The van der Waals surface area contributed by atoms with E-state index in [2.05, 4.69) is 29.4 Å². The van der Waals surface area contributed by atoms with Crippen LogP contribution >= 0.6 is 0 Å². The van der Waals surface area contributed by atoms with Crippen molar-refractivity contribution in [1.29, 1.82) is 0 Å². The molecule has 0 atom stereocenters. The summed E-state index contributed by atoms with van der Waals surface area (Å²) in [5, 5.41) is 2.95. The number of benzene rings is 1. The van der Waals surface area contributed by atoms with Gasteiger partial charge in [0.1, 0.15) is 0 Å². The molecular formula is C22H23N3O2. The fraction of sp³-hybridized carbons (Fsp3) is 0.318. The first-order valence-electron chi connectivity index (χ1n) is 9.56. The predicted octanol–water partition coefficient (Wildman–Crippen LogP) is 3.07. The Hall–Kier alpha value is -2.95. The molecule has 0 fully saturated rings. The number of nitrogens with one attached hydrogen (secondary N) is 1. The molecule has 0 saturated carbocycles. The van der Waals surface area contributed by atoms with Crippen molar-refractivity contribution in [3.63, 3.8) is 0 Å². The third-order valence-electron chi connectivity index (χ3n) is 5.25. The highest BCUT2D eigenvalue weighted by molar-refractivity contribution is 5.99. The van der Waals surface area contributed by atoms with Crippen molar-refractivity contribution < 1.29 is 4.79 Å². The molecule has 0 unspecified atom stereocenters. The van der Waals surface area contributed by atoms with Crippen molar-refractivity contribution in [1.82, 2.24) is 14.7 Å². The summed E-state index contributed by atoms with van der Waals surface area (Å²) in [6.07, 6.45) is 6.33. The number of carbonyl (C=O) groups is 1. The first-order valence-corrected chi connectivity index (χ1v) is 9.56. The van der Waals surface area contributed by atoms with Crippen molar-refractivity contribution in [2.24, 2.45) is 0 Å². The van der Waals surface area contributed by atoms with Gasteiger partial charge in [-0.05, 0) is 55.4 Å². The van der Waals surface area contributed by atoms with Gasteiger partial charge >= 0.3 is 0 Å². The molecule has 5 nitrogen and oxygen atoms in total. The monoisotopic (exact) mass is 361 g/mol. The molecule has 2 aromatic heterocycles. The van der Waals surface area contributed by atoms with Crippen LogP contribution in [0.1, 0.15) is 52.5 Å². The van der Waals surface area contributed by atoms with Crippen molar-refractivity contribution in [3.05, 3.63) is 80.9 Å². The highest BCUT2D eigenvalue weighted by Crippen LogP contribution is 2.18. The average Bonchev–Trinajstić information content (AvgIpc) is 2.72. The van der Waals surface area contributed by atoms with Gasteiger partial charge in [-0.1, -0.05) is 31.2 Å². The quantitative estimate of drug-likeness (QED) is 0.777. The zero-order chi connectivity index (χ0) is 18.8. The second-order valence-electron chi connectivity index (χ2n) is 7.02. The molecule has 5 heteroatoms. The third-order valence-corrected chi connectivity index (χ3v) is 5.25. The Labute approximate surface area is 158 Å². The first kappa shape index (κ1) is 17.5. The highest BCUT2D eigenvalue weighted by atomic mass is 16.2. The standard InChI is InChI=1S/C22H23N3O2/c1-2-15-9-11-16(12-10-15)14-23-21(26)18-7-5-13-25-20(18)24-19-8-4-3-6-17(19)22(25)27/h5,7,9-13H,2-4,6,8,14H2,1H3,(H,23,26). The molecule has 1 aliphatic carbocycles. The number of aromatic nitrogens is 2. The molecular weight excluding hydrogens is 338 g/mol. The lowest BCUT2D eigenvalue weighted by atomic mass is 9.97. The molecule has 3 aromatic rings. The second-order valence-corrected chi connectivity index (χ2v) is 7.02. The van der Waals surface area contributed by atoms with E-state index in [0.717, 1.165) is 48.9 Å². The molecule has 0 saturated heterocycles. The van der Waals surface area contributed by atoms with E-state index in [1.807, 2.05) is 12.1 Å². The number of nitrogens with zero attached hydrogens (tertiary/aromatic N) is 2. The smallest absolute Gasteiger partial charge is 0.261 e. The van der Waals surface area contributed by atoms with E-state index in [4.69, 9.17) is 0 Å². The number of aryl methyl sites for hydroxylation is 2. The van der Waals surface area contributed by atoms with Gasteiger partial charge in [-0.25, -0.2) is 4.98 Å². The maximum Gasteiger partial charge on any atom is 0.261 e. The summed E-state index contributed by atoms with van der Waals surface area (Å²) in [4.78, 5) is 30.2. The summed E-state index contributed by atoms with van der Waals surface area (Å²) < 4.78 is 1.51. The first-order chi connectivity index (χ1) is 13.2. The molecule has 4 rings (SSSR count). The lowest BCUT2D eigenvalue weighted by molar-refractivity contribution is 0.0952. The number of fused-ring (bicyclic) bond motifs is 2. The van der Waals surface area contributed by atoms with Crippen LogP contribution < -0.4 is 10.9 Å². The van der Waals surface area contributed by atoms with Crippen LogP contribution in [-0.2, 0) is 25.8 Å². The van der Waals surface area contributed by atoms with Gasteiger partial charge in [0.2, 0.25) is 0 Å². The Morgan fingerprint density at radius 2 is 1.85 bits per heavy atom. The van der Waals surface area contributed by atoms with Gasteiger partial charge in [0, 0.05) is 18.3 Å². The van der Waals surface area contributed by atoms with Crippen LogP contribution in [0.4, 0.5) is 0 Å². The molecule has 0 spiro atoms. The van der Waals surface area contributed by atoms with Crippen molar-refractivity contribution in [2.45, 2.75) is 45.6 Å². The maximum absolute atomic E-state index is 12.8. The van der Waals surface area contributed by atoms with Gasteiger partial charge in [-0.2, -0.15) is 0 Å². The molecule has 1 amide bonds. The van der Waals surface area contributed by atoms with E-state index >= 15 is 0 Å². The molecule has 138 valence electrons. The normalized spacial score (nSPS) is 13.4. The zero-order valence-corrected chi connectivity index (χ0v) is 15.5. The van der Waals surface area contributed by atoms with Crippen LogP contribution in [0.5, 0.6) is 0 Å². The van der Waals surface area contributed by atoms with E-state index in [-0.39, 0.29) is 11.5 Å². The Morgan fingerprint density at radius 1 is 1.11 bits per heavy atom. The number of hydrogen-bond acceptors (Lipinski definition) is 3. The summed E-state index contributed by atoms with van der Waals surface area (Å²) in [5.41, 5.74) is 4.80. The molecule has 1 aliphatic rings. The summed E-state index contributed by atoms with van der Waals surface area (Å²) >= 11 is 0. The minimum absolute atomic E-state index is 0.0421. The van der Waals surface area contributed by atoms with Gasteiger partial charge in [0.15, 0.2) is 5.65 Å². The van der Waals surface area contributed by atoms with Crippen LogP contribution in [0.2, 0.25) is 0 Å². The summed E-state index contributed by atoms with van der Waals surface area (Å²) in [7, 11) is 0. The average molecular weight is 361 g/mol. The molecule has 1 N–H and O–H groups in total. The Bertz CT molecular complexity index is 1050. The molecule has 0 bridgehead atoms. The predicted molar refractivity (Wildman–Crippen MR) is 105 cm³/mol. The van der Waals surface area contributed by atoms with Crippen molar-refractivity contribution in [3.8, 4) is 0 Å². The molecule has 0 aliphatic heterocycles. The number of carbonyl (C=O) groups excluding carboxylic acids is 1. The van der Waals surface area contributed by atoms with Gasteiger partial charge in [-0.15, -0.1) is 0 Å². The number of pyridine rings is 1. The van der Waals surface area contributed by atoms with Gasteiger partial charge in [-0.3, -0.25) is 14.0 Å². The molecule has 27 heavy (non-hydrogen) atoms. The van der Waals surface area contributed by atoms with Crippen LogP contribution in [0.15, 0.2) is 47.4 Å². The fourth-order valence-electron chi connectivity index (χ4n) is 3.64. The number of hydrogen-bond donors (Lipinski definition) is 1. The molecule has 0 radical (unpaired) electrons. The van der Waals surface area contributed by atoms with Crippen LogP contribution in [0.3, 0.4) is 0 Å². The van der Waals surface area contributed by atoms with Crippen molar-refractivity contribution >= 4 is 11.6 Å². The van der Waals surface area contributed by atoms with E-state index in [1.165, 1.54) is 9.96 Å². The third kappa shape index (κ3) is 3.37. The topological polar surface area (TPSA) is 63.5 Å². The second kappa shape index (κ2) is 7.35. The van der Waals surface area contributed by atoms with E-state index in [1.54, 1.807) is 18.3 Å². The van der Waals surface area contributed by atoms with Crippen LogP contribution in [0, 0.1) is 0 Å². The fourth-order valence-corrected chi connectivity index (χ4v) is 3.64. The Morgan fingerprint density at radius 3 is 2.63 bits per heavy atom. The zero-order valence-electron chi connectivity index (χ0n) is 15.5. The molecule has 2 heterocycles. The minimum Gasteiger partial charge on any atom is -0.348 e. The van der Waals surface area contributed by atoms with Crippen LogP contribution in [-0.4, -0.2) is 15.3 Å². The highest BCUT2D eigenvalue weighted by Gasteiger charge is 2.19. The van der Waals surface area contributed by atoms with Crippen molar-refractivity contribution in [2.75, 3.05) is 0 Å². The van der Waals surface area contributed by atoms with E-state index < -0.39 is 0 Å². The van der Waals surface area contributed by atoms with Gasteiger partial charge < -0.3 is 5.32 Å². The summed E-state index contributed by atoms with van der Waals surface area (Å²) in [6, 6.07) is 11.7.